The first kappa shape index (κ1) is 12.8. The quantitative estimate of drug-likeness (QED) is 0.922. The van der Waals surface area contributed by atoms with E-state index < -0.39 is 0 Å². The molecule has 102 valence electrons. The van der Waals surface area contributed by atoms with Crippen molar-refractivity contribution in [3.8, 4) is 9.88 Å². The largest absolute Gasteiger partial charge is 0.374 e. The molecule has 0 aromatic carbocycles. The van der Waals surface area contributed by atoms with Gasteiger partial charge in [0.25, 0.3) is 0 Å². The van der Waals surface area contributed by atoms with Crippen molar-refractivity contribution in [1.82, 2.24) is 15.2 Å². The fourth-order valence-corrected chi connectivity index (χ4v) is 4.15. The summed E-state index contributed by atoms with van der Waals surface area (Å²) in [6.07, 6.45) is 5.20. The predicted molar refractivity (Wildman–Crippen MR) is 80.8 cm³/mol. The molecule has 0 amide bonds. The predicted octanol–water partition coefficient (Wildman–Crippen LogP) is 2.93. The van der Waals surface area contributed by atoms with Crippen LogP contribution in [-0.2, 0) is 0 Å². The molecule has 0 radical (unpaired) electrons. The Morgan fingerprint density at radius 2 is 1.79 bits per heavy atom. The number of thiazole rings is 1. The standard InChI is InChI=1S/C12H17N5S2/c1-8-9(10-15-16-11(13)19-10)18-12(14-8)17-6-4-2-3-5-7-17/h2-7H2,1H3,(H2,13,16). The van der Waals surface area contributed by atoms with Crippen LogP contribution in [0, 0.1) is 6.92 Å². The molecule has 0 unspecified atom stereocenters. The van der Waals surface area contributed by atoms with Gasteiger partial charge in [0.2, 0.25) is 5.13 Å². The number of nitrogen functional groups attached to an aromatic ring is 1. The maximum Gasteiger partial charge on any atom is 0.203 e. The molecule has 3 rings (SSSR count). The van der Waals surface area contributed by atoms with Gasteiger partial charge < -0.3 is 10.6 Å². The number of rotatable bonds is 2. The maximum atomic E-state index is 5.65. The fourth-order valence-electron chi connectivity index (χ4n) is 2.30. The summed E-state index contributed by atoms with van der Waals surface area (Å²) in [7, 11) is 0. The number of aryl methyl sites for hydroxylation is 1. The third kappa shape index (κ3) is 2.71. The van der Waals surface area contributed by atoms with Gasteiger partial charge in [0, 0.05) is 13.1 Å². The third-order valence-corrected chi connectivity index (χ3v) is 5.42. The number of nitrogens with two attached hydrogens (primary N) is 1. The van der Waals surface area contributed by atoms with Crippen molar-refractivity contribution < 1.29 is 0 Å². The van der Waals surface area contributed by atoms with Crippen LogP contribution in [0.1, 0.15) is 31.4 Å². The van der Waals surface area contributed by atoms with Crippen molar-refractivity contribution in [2.45, 2.75) is 32.6 Å². The number of nitrogens with zero attached hydrogens (tertiary/aromatic N) is 4. The molecule has 2 aromatic rings. The smallest absolute Gasteiger partial charge is 0.203 e. The summed E-state index contributed by atoms with van der Waals surface area (Å²) in [5.74, 6) is 0. The molecular formula is C12H17N5S2. The van der Waals surface area contributed by atoms with Crippen LogP contribution in [-0.4, -0.2) is 28.3 Å². The van der Waals surface area contributed by atoms with Crippen molar-refractivity contribution >= 4 is 32.9 Å². The van der Waals surface area contributed by atoms with Crippen LogP contribution in [0.5, 0.6) is 0 Å². The molecule has 0 atom stereocenters. The molecular weight excluding hydrogens is 278 g/mol. The van der Waals surface area contributed by atoms with E-state index in [1.165, 1.54) is 37.0 Å². The molecule has 19 heavy (non-hydrogen) atoms. The Morgan fingerprint density at radius 3 is 2.42 bits per heavy atom. The highest BCUT2D eigenvalue weighted by molar-refractivity contribution is 7.25. The highest BCUT2D eigenvalue weighted by Crippen LogP contribution is 2.37. The second-order valence-corrected chi connectivity index (χ2v) is 6.74. The monoisotopic (exact) mass is 295 g/mol. The van der Waals surface area contributed by atoms with Gasteiger partial charge in [-0.2, -0.15) is 0 Å². The Labute approximate surface area is 120 Å². The van der Waals surface area contributed by atoms with Crippen molar-refractivity contribution in [2.75, 3.05) is 23.7 Å². The van der Waals surface area contributed by atoms with Gasteiger partial charge in [0.05, 0.1) is 10.6 Å². The van der Waals surface area contributed by atoms with Gasteiger partial charge in [-0.05, 0) is 19.8 Å². The molecule has 0 spiro atoms. The summed E-state index contributed by atoms with van der Waals surface area (Å²) in [6, 6.07) is 0. The van der Waals surface area contributed by atoms with Crippen molar-refractivity contribution in [3.05, 3.63) is 5.69 Å². The lowest BCUT2D eigenvalue weighted by Crippen LogP contribution is -2.23. The SMILES string of the molecule is Cc1nc(N2CCCCCC2)sc1-c1nnc(N)s1. The molecule has 2 aromatic heterocycles. The lowest BCUT2D eigenvalue weighted by atomic mass is 10.2. The van der Waals surface area contributed by atoms with E-state index >= 15 is 0 Å². The number of hydrogen-bond acceptors (Lipinski definition) is 7. The van der Waals surface area contributed by atoms with Gasteiger partial charge in [0.1, 0.15) is 0 Å². The summed E-state index contributed by atoms with van der Waals surface area (Å²) in [5, 5.41) is 10.5. The molecule has 1 aliphatic heterocycles. The van der Waals surface area contributed by atoms with Gasteiger partial charge in [-0.1, -0.05) is 35.5 Å². The molecule has 1 aliphatic rings. The van der Waals surface area contributed by atoms with E-state index in [1.807, 2.05) is 6.92 Å². The first-order chi connectivity index (χ1) is 9.24. The topological polar surface area (TPSA) is 67.9 Å². The Hall–Kier alpha value is -1.21. The third-order valence-electron chi connectivity index (χ3n) is 3.30. The van der Waals surface area contributed by atoms with E-state index in [9.17, 15) is 0 Å². The fraction of sp³-hybridized carbons (Fsp3) is 0.583. The number of aromatic nitrogens is 3. The highest BCUT2D eigenvalue weighted by atomic mass is 32.1. The van der Waals surface area contributed by atoms with E-state index in [1.54, 1.807) is 11.3 Å². The first-order valence-electron chi connectivity index (χ1n) is 6.56. The molecule has 5 nitrogen and oxygen atoms in total. The highest BCUT2D eigenvalue weighted by Gasteiger charge is 2.18. The minimum Gasteiger partial charge on any atom is -0.374 e. The zero-order valence-corrected chi connectivity index (χ0v) is 12.6. The second-order valence-electron chi connectivity index (χ2n) is 4.76. The van der Waals surface area contributed by atoms with Crippen molar-refractivity contribution in [2.24, 2.45) is 0 Å². The molecule has 1 fully saturated rings. The molecule has 0 aliphatic carbocycles. The van der Waals surface area contributed by atoms with E-state index in [-0.39, 0.29) is 0 Å². The Bertz CT molecular complexity index is 554. The van der Waals surface area contributed by atoms with Gasteiger partial charge in [-0.3, -0.25) is 0 Å². The van der Waals surface area contributed by atoms with Crippen LogP contribution in [0.25, 0.3) is 9.88 Å². The molecule has 7 heteroatoms. The summed E-state index contributed by atoms with van der Waals surface area (Å²) >= 11 is 3.14. The molecule has 2 N–H and O–H groups in total. The van der Waals surface area contributed by atoms with Gasteiger partial charge in [0.15, 0.2) is 10.1 Å². The van der Waals surface area contributed by atoms with Gasteiger partial charge >= 0.3 is 0 Å². The average molecular weight is 295 g/mol. The first-order valence-corrected chi connectivity index (χ1v) is 8.19. The molecule has 0 bridgehead atoms. The summed E-state index contributed by atoms with van der Waals surface area (Å²) in [6.45, 7) is 4.26. The summed E-state index contributed by atoms with van der Waals surface area (Å²) in [5.41, 5.74) is 6.68. The summed E-state index contributed by atoms with van der Waals surface area (Å²) in [4.78, 5) is 8.21. The van der Waals surface area contributed by atoms with E-state index in [2.05, 4.69) is 15.1 Å². The Morgan fingerprint density at radius 1 is 1.05 bits per heavy atom. The van der Waals surface area contributed by atoms with Crippen LogP contribution in [0.3, 0.4) is 0 Å². The second kappa shape index (κ2) is 5.42. The van der Waals surface area contributed by atoms with Crippen LogP contribution in [0.15, 0.2) is 0 Å². The minimum atomic E-state index is 0.513. The zero-order chi connectivity index (χ0) is 13.2. The molecule has 0 saturated carbocycles. The normalized spacial score (nSPS) is 16.6. The molecule has 1 saturated heterocycles. The van der Waals surface area contributed by atoms with Crippen molar-refractivity contribution in [1.29, 1.82) is 0 Å². The van der Waals surface area contributed by atoms with Crippen LogP contribution in [0.4, 0.5) is 10.3 Å². The van der Waals surface area contributed by atoms with Gasteiger partial charge in [-0.25, -0.2) is 4.98 Å². The zero-order valence-electron chi connectivity index (χ0n) is 10.9. The summed E-state index contributed by atoms with van der Waals surface area (Å²) < 4.78 is 0. The van der Waals surface area contributed by atoms with Gasteiger partial charge in [-0.15, -0.1) is 10.2 Å². The number of hydrogen-bond donors (Lipinski definition) is 1. The van der Waals surface area contributed by atoms with E-state index in [0.29, 0.717) is 5.13 Å². The van der Waals surface area contributed by atoms with Crippen LogP contribution < -0.4 is 10.6 Å². The van der Waals surface area contributed by atoms with Crippen LogP contribution in [0.2, 0.25) is 0 Å². The van der Waals surface area contributed by atoms with E-state index in [4.69, 9.17) is 10.7 Å². The van der Waals surface area contributed by atoms with E-state index in [0.717, 1.165) is 33.8 Å². The number of anilines is 2. The maximum absolute atomic E-state index is 5.65. The van der Waals surface area contributed by atoms with Crippen molar-refractivity contribution in [3.63, 3.8) is 0 Å². The lowest BCUT2D eigenvalue weighted by Gasteiger charge is -2.18. The average Bonchev–Trinajstić information content (AvgIpc) is 2.86. The lowest BCUT2D eigenvalue weighted by molar-refractivity contribution is 0.726. The minimum absolute atomic E-state index is 0.513. The van der Waals surface area contributed by atoms with Crippen LogP contribution >= 0.6 is 22.7 Å². The Kier molecular flexibility index (Phi) is 3.65. The Balaban J connectivity index is 1.88. The molecule has 3 heterocycles.